The number of nitrogens with one attached hydrogen (secondary N) is 2. The van der Waals surface area contributed by atoms with Crippen LogP contribution < -0.4 is 10.6 Å². The lowest BCUT2D eigenvalue weighted by molar-refractivity contribution is 0.102. The van der Waals surface area contributed by atoms with Gasteiger partial charge in [0.2, 0.25) is 5.95 Å². The van der Waals surface area contributed by atoms with Crippen molar-refractivity contribution in [3.63, 3.8) is 0 Å². The predicted octanol–water partition coefficient (Wildman–Crippen LogP) is 3.21. The number of carbonyl (C=O) groups is 1. The Bertz CT molecular complexity index is 901. The molecule has 1 amide bonds. The van der Waals surface area contributed by atoms with E-state index in [4.69, 9.17) is 5.26 Å². The summed E-state index contributed by atoms with van der Waals surface area (Å²) in [7, 11) is 0. The van der Waals surface area contributed by atoms with Crippen molar-refractivity contribution in [2.24, 2.45) is 0 Å². The zero-order chi connectivity index (χ0) is 17.5. The Balaban J connectivity index is 1.63. The van der Waals surface area contributed by atoms with Gasteiger partial charge in [-0.2, -0.15) is 10.2 Å². The van der Waals surface area contributed by atoms with Crippen LogP contribution in [0.1, 0.15) is 21.5 Å². The topological polar surface area (TPSA) is 90.7 Å². The lowest BCUT2D eigenvalue weighted by atomic mass is 10.1. The molecule has 0 bridgehead atoms. The van der Waals surface area contributed by atoms with Crippen molar-refractivity contribution < 1.29 is 4.79 Å². The van der Waals surface area contributed by atoms with Crippen LogP contribution in [0.5, 0.6) is 0 Å². The number of hydrogen-bond donors (Lipinski definition) is 2. The van der Waals surface area contributed by atoms with E-state index in [9.17, 15) is 4.79 Å². The van der Waals surface area contributed by atoms with Crippen molar-refractivity contribution in [3.05, 3.63) is 83.6 Å². The van der Waals surface area contributed by atoms with Crippen LogP contribution in [-0.4, -0.2) is 15.9 Å². The van der Waals surface area contributed by atoms with Crippen LogP contribution in [-0.2, 0) is 6.54 Å². The van der Waals surface area contributed by atoms with E-state index in [0.29, 0.717) is 29.4 Å². The molecule has 0 spiro atoms. The lowest BCUT2D eigenvalue weighted by Gasteiger charge is -2.08. The van der Waals surface area contributed by atoms with E-state index in [0.717, 1.165) is 5.56 Å². The van der Waals surface area contributed by atoms with E-state index in [-0.39, 0.29) is 5.91 Å². The van der Waals surface area contributed by atoms with Gasteiger partial charge >= 0.3 is 0 Å². The highest BCUT2D eigenvalue weighted by Crippen LogP contribution is 2.10. The number of nitriles is 1. The molecule has 25 heavy (non-hydrogen) atoms. The Morgan fingerprint density at radius 2 is 1.80 bits per heavy atom. The van der Waals surface area contributed by atoms with E-state index >= 15 is 0 Å². The normalized spacial score (nSPS) is 9.88. The second kappa shape index (κ2) is 7.70. The van der Waals surface area contributed by atoms with Gasteiger partial charge in [0, 0.05) is 18.3 Å². The average Bonchev–Trinajstić information content (AvgIpc) is 2.68. The van der Waals surface area contributed by atoms with Crippen LogP contribution in [0.2, 0.25) is 0 Å². The fourth-order valence-electron chi connectivity index (χ4n) is 2.17. The van der Waals surface area contributed by atoms with Gasteiger partial charge in [-0.25, -0.2) is 4.98 Å². The third kappa shape index (κ3) is 4.39. The molecule has 0 saturated carbocycles. The number of nitrogens with zero attached hydrogens (tertiary/aromatic N) is 3. The molecule has 3 aromatic rings. The first kappa shape index (κ1) is 16.1. The van der Waals surface area contributed by atoms with Crippen LogP contribution >= 0.6 is 0 Å². The van der Waals surface area contributed by atoms with Crippen molar-refractivity contribution in [1.29, 1.82) is 5.26 Å². The Morgan fingerprint density at radius 1 is 1.04 bits per heavy atom. The van der Waals surface area contributed by atoms with Gasteiger partial charge in [-0.05, 0) is 35.9 Å². The molecule has 0 aliphatic carbocycles. The highest BCUT2D eigenvalue weighted by atomic mass is 16.1. The molecule has 1 heterocycles. The summed E-state index contributed by atoms with van der Waals surface area (Å²) in [5, 5.41) is 14.6. The highest BCUT2D eigenvalue weighted by Gasteiger charge is 2.07. The first-order valence-corrected chi connectivity index (χ1v) is 7.67. The molecular formula is C19H15N5O. The molecule has 0 aliphatic heterocycles. The molecule has 0 fully saturated rings. The summed E-state index contributed by atoms with van der Waals surface area (Å²) in [6.07, 6.45) is 1.58. The highest BCUT2D eigenvalue weighted by molar-refractivity contribution is 6.03. The number of rotatable bonds is 5. The summed E-state index contributed by atoms with van der Waals surface area (Å²) in [5.41, 5.74) is 2.18. The van der Waals surface area contributed by atoms with Crippen LogP contribution in [0.4, 0.5) is 11.8 Å². The van der Waals surface area contributed by atoms with Gasteiger partial charge in [0.1, 0.15) is 5.82 Å². The maximum absolute atomic E-state index is 12.1. The van der Waals surface area contributed by atoms with Gasteiger partial charge in [-0.1, -0.05) is 30.3 Å². The van der Waals surface area contributed by atoms with Crippen LogP contribution in [0, 0.1) is 11.3 Å². The summed E-state index contributed by atoms with van der Waals surface area (Å²) in [6.45, 7) is 0.516. The molecule has 2 N–H and O–H groups in total. The molecule has 3 rings (SSSR count). The molecule has 0 radical (unpaired) electrons. The molecule has 0 atom stereocenters. The third-order valence-corrected chi connectivity index (χ3v) is 3.47. The van der Waals surface area contributed by atoms with E-state index in [1.54, 1.807) is 48.7 Å². The third-order valence-electron chi connectivity index (χ3n) is 3.47. The van der Waals surface area contributed by atoms with Gasteiger partial charge in [-0.15, -0.1) is 0 Å². The molecule has 2 aromatic carbocycles. The van der Waals surface area contributed by atoms with Gasteiger partial charge in [-0.3, -0.25) is 4.79 Å². The maximum atomic E-state index is 12.1. The summed E-state index contributed by atoms with van der Waals surface area (Å²) in [5.74, 6) is 0.610. The predicted molar refractivity (Wildman–Crippen MR) is 94.9 cm³/mol. The van der Waals surface area contributed by atoms with E-state index in [1.807, 2.05) is 18.2 Å². The fraction of sp³-hybridized carbons (Fsp3) is 0.0526. The Morgan fingerprint density at radius 3 is 2.52 bits per heavy atom. The number of hydrogen-bond acceptors (Lipinski definition) is 5. The minimum atomic E-state index is -0.225. The Hall–Kier alpha value is -3.72. The summed E-state index contributed by atoms with van der Waals surface area (Å²) < 4.78 is 0. The second-order valence-corrected chi connectivity index (χ2v) is 5.25. The number of amides is 1. The van der Waals surface area contributed by atoms with Crippen molar-refractivity contribution in [2.75, 3.05) is 10.6 Å². The molecule has 6 heteroatoms. The van der Waals surface area contributed by atoms with Gasteiger partial charge in [0.05, 0.1) is 11.6 Å². The van der Waals surface area contributed by atoms with Crippen LogP contribution in [0.25, 0.3) is 0 Å². The molecule has 0 unspecified atom stereocenters. The number of benzene rings is 2. The molecule has 6 nitrogen and oxygen atoms in total. The molecule has 122 valence electrons. The minimum Gasteiger partial charge on any atom is -0.350 e. The SMILES string of the molecule is N#Cc1ccc(CNc2nccc(NC(=O)c3ccccc3)n2)cc1. The fourth-order valence-corrected chi connectivity index (χ4v) is 2.17. The first-order chi connectivity index (χ1) is 12.2. The standard InChI is InChI=1S/C19H15N5O/c20-12-14-6-8-15(9-7-14)13-22-19-21-11-10-17(24-19)23-18(25)16-4-2-1-3-5-16/h1-11H,13H2,(H2,21,22,23,24,25). The Kier molecular flexibility index (Phi) is 4.98. The van der Waals surface area contributed by atoms with E-state index < -0.39 is 0 Å². The van der Waals surface area contributed by atoms with Crippen LogP contribution in [0.3, 0.4) is 0 Å². The average molecular weight is 329 g/mol. The maximum Gasteiger partial charge on any atom is 0.256 e. The first-order valence-electron chi connectivity index (χ1n) is 7.67. The Labute approximate surface area is 145 Å². The molecule has 1 aromatic heterocycles. The molecular weight excluding hydrogens is 314 g/mol. The molecule has 0 saturated heterocycles. The monoisotopic (exact) mass is 329 g/mol. The van der Waals surface area contributed by atoms with Crippen molar-refractivity contribution in [3.8, 4) is 6.07 Å². The minimum absolute atomic E-state index is 0.225. The van der Waals surface area contributed by atoms with Gasteiger partial charge < -0.3 is 10.6 Å². The number of aromatic nitrogens is 2. The van der Waals surface area contributed by atoms with Gasteiger partial charge in [0.25, 0.3) is 5.91 Å². The van der Waals surface area contributed by atoms with Gasteiger partial charge in [0.15, 0.2) is 0 Å². The summed E-state index contributed by atoms with van der Waals surface area (Å²) >= 11 is 0. The zero-order valence-electron chi connectivity index (χ0n) is 13.3. The summed E-state index contributed by atoms with van der Waals surface area (Å²) in [4.78, 5) is 20.6. The number of carbonyl (C=O) groups excluding carboxylic acids is 1. The van der Waals surface area contributed by atoms with Crippen LogP contribution in [0.15, 0.2) is 66.9 Å². The van der Waals surface area contributed by atoms with E-state index in [2.05, 4.69) is 26.7 Å². The van der Waals surface area contributed by atoms with Crippen molar-refractivity contribution in [2.45, 2.75) is 6.54 Å². The van der Waals surface area contributed by atoms with Crippen molar-refractivity contribution >= 4 is 17.7 Å². The largest absolute Gasteiger partial charge is 0.350 e. The van der Waals surface area contributed by atoms with Crippen molar-refractivity contribution in [1.82, 2.24) is 9.97 Å². The zero-order valence-corrected chi connectivity index (χ0v) is 13.3. The number of anilines is 2. The second-order valence-electron chi connectivity index (χ2n) is 5.25. The molecule has 0 aliphatic rings. The smallest absolute Gasteiger partial charge is 0.256 e. The quantitative estimate of drug-likeness (QED) is 0.750. The van der Waals surface area contributed by atoms with E-state index in [1.165, 1.54) is 0 Å². The lowest BCUT2D eigenvalue weighted by Crippen LogP contribution is -2.14. The summed E-state index contributed by atoms with van der Waals surface area (Å²) in [6, 6.07) is 19.9.